The lowest BCUT2D eigenvalue weighted by Crippen LogP contribution is -2.32. The number of nitrogens with zero attached hydrogens (tertiary/aromatic N) is 1. The molecule has 148 valence electrons. The topological polar surface area (TPSA) is 98.2 Å². The molecule has 2 rings (SSSR count). The van der Waals surface area contributed by atoms with Crippen molar-refractivity contribution in [3.05, 3.63) is 48.0 Å². The SMILES string of the molecule is CCOc1ccc(/C=N\NC(=O)C(=O)Nc2cccc(OC)c2)c(OCC)c1. The van der Waals surface area contributed by atoms with Crippen molar-refractivity contribution >= 4 is 23.7 Å². The molecule has 0 atom stereocenters. The van der Waals surface area contributed by atoms with Crippen LogP contribution in [0.5, 0.6) is 17.2 Å². The number of rotatable bonds is 8. The van der Waals surface area contributed by atoms with Crippen molar-refractivity contribution in [2.45, 2.75) is 13.8 Å². The molecule has 0 aromatic heterocycles. The Morgan fingerprint density at radius 2 is 1.79 bits per heavy atom. The minimum Gasteiger partial charge on any atom is -0.497 e. The number of carbonyl (C=O) groups is 2. The molecule has 0 radical (unpaired) electrons. The standard InChI is InChI=1S/C20H23N3O5/c1-4-27-17-10-9-14(18(12-17)28-5-2)13-21-23-20(25)19(24)22-15-7-6-8-16(11-15)26-3/h6-13H,4-5H2,1-3H3,(H,22,24)(H,23,25)/b21-13-. The fourth-order valence-electron chi connectivity index (χ4n) is 2.26. The van der Waals surface area contributed by atoms with Gasteiger partial charge in [0, 0.05) is 23.4 Å². The summed E-state index contributed by atoms with van der Waals surface area (Å²) >= 11 is 0. The summed E-state index contributed by atoms with van der Waals surface area (Å²) in [7, 11) is 1.51. The Labute approximate surface area is 163 Å². The van der Waals surface area contributed by atoms with Crippen LogP contribution in [0.25, 0.3) is 0 Å². The number of carbonyl (C=O) groups excluding carboxylic acids is 2. The third-order valence-electron chi connectivity index (χ3n) is 3.50. The van der Waals surface area contributed by atoms with E-state index in [9.17, 15) is 9.59 Å². The summed E-state index contributed by atoms with van der Waals surface area (Å²) in [6, 6.07) is 11.9. The van der Waals surface area contributed by atoms with E-state index in [4.69, 9.17) is 14.2 Å². The summed E-state index contributed by atoms with van der Waals surface area (Å²) < 4.78 is 16.1. The van der Waals surface area contributed by atoms with Crippen molar-refractivity contribution < 1.29 is 23.8 Å². The van der Waals surface area contributed by atoms with E-state index < -0.39 is 11.8 Å². The molecule has 28 heavy (non-hydrogen) atoms. The maximum absolute atomic E-state index is 12.0. The maximum Gasteiger partial charge on any atom is 0.329 e. The van der Waals surface area contributed by atoms with Gasteiger partial charge < -0.3 is 19.5 Å². The molecule has 0 fully saturated rings. The second-order valence-electron chi connectivity index (χ2n) is 5.45. The Bertz CT molecular complexity index is 851. The molecule has 2 aromatic rings. The maximum atomic E-state index is 12.0. The lowest BCUT2D eigenvalue weighted by molar-refractivity contribution is -0.136. The molecule has 0 bridgehead atoms. The zero-order valence-electron chi connectivity index (χ0n) is 16.0. The van der Waals surface area contributed by atoms with Crippen LogP contribution < -0.4 is 25.0 Å². The molecule has 2 N–H and O–H groups in total. The third-order valence-corrected chi connectivity index (χ3v) is 3.50. The van der Waals surface area contributed by atoms with E-state index in [1.807, 2.05) is 13.8 Å². The van der Waals surface area contributed by atoms with Crippen molar-refractivity contribution in [1.82, 2.24) is 5.43 Å². The summed E-state index contributed by atoms with van der Waals surface area (Å²) in [6.45, 7) is 4.75. The Kier molecular flexibility index (Phi) is 7.83. The van der Waals surface area contributed by atoms with Gasteiger partial charge in [0.15, 0.2) is 0 Å². The monoisotopic (exact) mass is 385 g/mol. The zero-order valence-corrected chi connectivity index (χ0v) is 16.0. The van der Waals surface area contributed by atoms with Gasteiger partial charge in [-0.15, -0.1) is 0 Å². The van der Waals surface area contributed by atoms with E-state index >= 15 is 0 Å². The largest absolute Gasteiger partial charge is 0.497 e. The molecule has 2 amide bonds. The lowest BCUT2D eigenvalue weighted by atomic mass is 10.2. The highest BCUT2D eigenvalue weighted by Gasteiger charge is 2.13. The average molecular weight is 385 g/mol. The van der Waals surface area contributed by atoms with Gasteiger partial charge in [-0.2, -0.15) is 5.10 Å². The Morgan fingerprint density at radius 3 is 2.50 bits per heavy atom. The molecule has 0 aliphatic carbocycles. The lowest BCUT2D eigenvalue weighted by Gasteiger charge is -2.10. The summed E-state index contributed by atoms with van der Waals surface area (Å²) in [5, 5.41) is 6.30. The van der Waals surface area contributed by atoms with Crippen LogP contribution >= 0.6 is 0 Å². The first-order valence-corrected chi connectivity index (χ1v) is 8.75. The number of amides is 2. The summed E-state index contributed by atoms with van der Waals surface area (Å²) in [5.41, 5.74) is 3.27. The van der Waals surface area contributed by atoms with E-state index in [-0.39, 0.29) is 0 Å². The Hall–Kier alpha value is -3.55. The second kappa shape index (κ2) is 10.6. The first kappa shape index (κ1) is 20.8. The van der Waals surface area contributed by atoms with E-state index in [2.05, 4.69) is 15.8 Å². The number of anilines is 1. The molecular formula is C20H23N3O5. The van der Waals surface area contributed by atoms with Gasteiger partial charge in [0.2, 0.25) is 0 Å². The van der Waals surface area contributed by atoms with Gasteiger partial charge in [-0.1, -0.05) is 6.07 Å². The van der Waals surface area contributed by atoms with Gasteiger partial charge >= 0.3 is 11.8 Å². The highest BCUT2D eigenvalue weighted by atomic mass is 16.5. The fourth-order valence-corrected chi connectivity index (χ4v) is 2.26. The average Bonchev–Trinajstić information content (AvgIpc) is 2.70. The Morgan fingerprint density at radius 1 is 1.00 bits per heavy atom. The highest BCUT2D eigenvalue weighted by Crippen LogP contribution is 2.24. The predicted molar refractivity (Wildman–Crippen MR) is 106 cm³/mol. The number of hydrazone groups is 1. The minimum absolute atomic E-state index is 0.439. The van der Waals surface area contributed by atoms with Crippen LogP contribution in [-0.2, 0) is 9.59 Å². The molecule has 8 nitrogen and oxygen atoms in total. The van der Waals surface area contributed by atoms with Crippen molar-refractivity contribution in [2.75, 3.05) is 25.6 Å². The van der Waals surface area contributed by atoms with Crippen LogP contribution in [0.3, 0.4) is 0 Å². The first-order chi connectivity index (χ1) is 13.6. The van der Waals surface area contributed by atoms with E-state index in [1.54, 1.807) is 42.5 Å². The van der Waals surface area contributed by atoms with Crippen LogP contribution in [0.15, 0.2) is 47.6 Å². The summed E-state index contributed by atoms with van der Waals surface area (Å²) in [5.74, 6) is 0.0531. The van der Waals surface area contributed by atoms with Crippen molar-refractivity contribution in [2.24, 2.45) is 5.10 Å². The molecule has 0 heterocycles. The Balaban J connectivity index is 1.99. The van der Waals surface area contributed by atoms with E-state index in [1.165, 1.54) is 13.3 Å². The predicted octanol–water partition coefficient (Wildman–Crippen LogP) is 2.58. The molecule has 8 heteroatoms. The van der Waals surface area contributed by atoms with Crippen LogP contribution in [0.4, 0.5) is 5.69 Å². The van der Waals surface area contributed by atoms with Crippen LogP contribution in [0.1, 0.15) is 19.4 Å². The minimum atomic E-state index is -0.900. The number of hydrogen-bond donors (Lipinski definition) is 2. The van der Waals surface area contributed by atoms with Gasteiger partial charge in [-0.05, 0) is 38.1 Å². The summed E-state index contributed by atoms with van der Waals surface area (Å²) in [6.07, 6.45) is 1.40. The number of hydrogen-bond acceptors (Lipinski definition) is 6. The van der Waals surface area contributed by atoms with Gasteiger partial charge in [0.1, 0.15) is 17.2 Å². The van der Waals surface area contributed by atoms with Crippen molar-refractivity contribution in [3.63, 3.8) is 0 Å². The van der Waals surface area contributed by atoms with Gasteiger partial charge in [-0.3, -0.25) is 9.59 Å². The smallest absolute Gasteiger partial charge is 0.329 e. The summed E-state index contributed by atoms with van der Waals surface area (Å²) in [4.78, 5) is 23.9. The van der Waals surface area contributed by atoms with Gasteiger partial charge in [-0.25, -0.2) is 5.43 Å². The zero-order chi connectivity index (χ0) is 20.4. The fraction of sp³-hybridized carbons (Fsp3) is 0.250. The molecule has 0 unspecified atom stereocenters. The van der Waals surface area contributed by atoms with E-state index in [0.717, 1.165) is 0 Å². The molecule has 2 aromatic carbocycles. The van der Waals surface area contributed by atoms with Crippen molar-refractivity contribution in [1.29, 1.82) is 0 Å². The number of ether oxygens (including phenoxy) is 3. The quantitative estimate of drug-likeness (QED) is 0.413. The molecule has 0 saturated carbocycles. The number of methoxy groups -OCH3 is 1. The normalized spacial score (nSPS) is 10.4. The molecular weight excluding hydrogens is 362 g/mol. The first-order valence-electron chi connectivity index (χ1n) is 8.75. The molecule has 0 saturated heterocycles. The molecule has 0 spiro atoms. The highest BCUT2D eigenvalue weighted by molar-refractivity contribution is 6.39. The second-order valence-corrected chi connectivity index (χ2v) is 5.45. The molecule has 0 aliphatic rings. The van der Waals surface area contributed by atoms with Crippen LogP contribution in [0.2, 0.25) is 0 Å². The molecule has 0 aliphatic heterocycles. The van der Waals surface area contributed by atoms with Gasteiger partial charge in [0.25, 0.3) is 0 Å². The third kappa shape index (κ3) is 6.01. The van der Waals surface area contributed by atoms with Gasteiger partial charge in [0.05, 0.1) is 26.5 Å². The van der Waals surface area contributed by atoms with Crippen LogP contribution in [-0.4, -0.2) is 38.4 Å². The number of nitrogens with one attached hydrogen (secondary N) is 2. The van der Waals surface area contributed by atoms with E-state index in [0.29, 0.717) is 41.7 Å². The number of benzene rings is 2. The van der Waals surface area contributed by atoms with Crippen LogP contribution in [0, 0.1) is 0 Å². The van der Waals surface area contributed by atoms with Crippen molar-refractivity contribution in [3.8, 4) is 17.2 Å².